The lowest BCUT2D eigenvalue weighted by atomic mass is 10.0. The molecule has 94 valence electrons. The summed E-state index contributed by atoms with van der Waals surface area (Å²) in [4.78, 5) is 2.68. The maximum absolute atomic E-state index is 5.85. The monoisotopic (exact) mass is 243 g/mol. The first-order valence-electron chi connectivity index (χ1n) is 6.81. The average Bonchev–Trinajstić information content (AvgIpc) is 2.77. The molecule has 0 N–H and O–H groups in total. The van der Waals surface area contributed by atoms with E-state index >= 15 is 0 Å². The van der Waals surface area contributed by atoms with Crippen molar-refractivity contribution < 1.29 is 4.74 Å². The molecular formula is C13H25NOS. The third-order valence-electron chi connectivity index (χ3n) is 4.04. The Morgan fingerprint density at radius 2 is 2.31 bits per heavy atom. The fraction of sp³-hybridized carbons (Fsp3) is 1.00. The van der Waals surface area contributed by atoms with Gasteiger partial charge in [-0.3, -0.25) is 4.90 Å². The minimum atomic E-state index is 0.538. The van der Waals surface area contributed by atoms with E-state index in [-0.39, 0.29) is 0 Å². The van der Waals surface area contributed by atoms with E-state index in [0.717, 1.165) is 24.8 Å². The first-order chi connectivity index (χ1) is 7.85. The standard InChI is InChI=1S/C13H25NOS/c1-2-4-11(10-16)9-14-7-8-15-13-6-3-5-12(13)14/h11-13,16H,2-10H2,1H3. The quantitative estimate of drug-likeness (QED) is 0.745. The Hall–Kier alpha value is 0.270. The van der Waals surface area contributed by atoms with Crippen LogP contribution in [0.25, 0.3) is 0 Å². The molecule has 0 bridgehead atoms. The Labute approximate surface area is 105 Å². The summed E-state index contributed by atoms with van der Waals surface area (Å²) in [5, 5.41) is 0. The molecule has 16 heavy (non-hydrogen) atoms. The Kier molecular flexibility index (Phi) is 4.98. The van der Waals surface area contributed by atoms with Crippen LogP contribution < -0.4 is 0 Å². The molecule has 2 aliphatic rings. The van der Waals surface area contributed by atoms with Crippen LogP contribution in [0.2, 0.25) is 0 Å². The summed E-state index contributed by atoms with van der Waals surface area (Å²) in [7, 11) is 0. The smallest absolute Gasteiger partial charge is 0.0730 e. The second kappa shape index (κ2) is 6.27. The van der Waals surface area contributed by atoms with E-state index in [1.807, 2.05) is 0 Å². The van der Waals surface area contributed by atoms with E-state index in [1.54, 1.807) is 0 Å². The molecule has 2 rings (SSSR count). The third-order valence-corrected chi connectivity index (χ3v) is 4.56. The molecule has 0 radical (unpaired) electrons. The van der Waals surface area contributed by atoms with Crippen molar-refractivity contribution >= 4 is 12.6 Å². The molecule has 2 fully saturated rings. The topological polar surface area (TPSA) is 12.5 Å². The summed E-state index contributed by atoms with van der Waals surface area (Å²) in [5.74, 6) is 1.80. The number of hydrogen-bond donors (Lipinski definition) is 1. The average molecular weight is 243 g/mol. The molecule has 1 heterocycles. The van der Waals surface area contributed by atoms with Gasteiger partial charge in [0.1, 0.15) is 0 Å². The van der Waals surface area contributed by atoms with E-state index in [2.05, 4.69) is 24.5 Å². The molecular weight excluding hydrogens is 218 g/mol. The van der Waals surface area contributed by atoms with Crippen molar-refractivity contribution in [2.45, 2.75) is 51.2 Å². The molecule has 0 aromatic heterocycles. The molecule has 1 aliphatic heterocycles. The molecule has 0 aromatic rings. The third kappa shape index (κ3) is 2.93. The van der Waals surface area contributed by atoms with Crippen LogP contribution >= 0.6 is 12.6 Å². The Bertz CT molecular complexity index is 212. The molecule has 0 spiro atoms. The van der Waals surface area contributed by atoms with Gasteiger partial charge in [0, 0.05) is 19.1 Å². The van der Waals surface area contributed by atoms with Gasteiger partial charge < -0.3 is 4.74 Å². The van der Waals surface area contributed by atoms with E-state index in [9.17, 15) is 0 Å². The second-order valence-electron chi connectivity index (χ2n) is 5.24. The highest BCUT2D eigenvalue weighted by Crippen LogP contribution is 2.30. The summed E-state index contributed by atoms with van der Waals surface area (Å²) < 4.78 is 5.85. The van der Waals surface area contributed by atoms with Gasteiger partial charge >= 0.3 is 0 Å². The molecule has 1 saturated heterocycles. The van der Waals surface area contributed by atoms with Crippen LogP contribution in [0, 0.1) is 5.92 Å². The van der Waals surface area contributed by atoms with E-state index in [1.165, 1.54) is 38.6 Å². The first-order valence-corrected chi connectivity index (χ1v) is 7.45. The fourth-order valence-corrected chi connectivity index (χ4v) is 3.51. The van der Waals surface area contributed by atoms with E-state index < -0.39 is 0 Å². The number of nitrogens with zero attached hydrogens (tertiary/aromatic N) is 1. The zero-order valence-corrected chi connectivity index (χ0v) is 11.3. The molecule has 0 amide bonds. The van der Waals surface area contributed by atoms with Crippen molar-refractivity contribution in [2.24, 2.45) is 5.92 Å². The fourth-order valence-electron chi connectivity index (χ4n) is 3.21. The van der Waals surface area contributed by atoms with Gasteiger partial charge in [0.15, 0.2) is 0 Å². The normalized spacial score (nSPS) is 32.6. The van der Waals surface area contributed by atoms with Crippen molar-refractivity contribution in [1.82, 2.24) is 4.90 Å². The lowest BCUT2D eigenvalue weighted by Crippen LogP contribution is -2.50. The van der Waals surface area contributed by atoms with Crippen molar-refractivity contribution in [1.29, 1.82) is 0 Å². The first kappa shape index (κ1) is 12.7. The molecule has 2 nitrogen and oxygen atoms in total. The van der Waals surface area contributed by atoms with E-state index in [0.29, 0.717) is 12.1 Å². The molecule has 0 aromatic carbocycles. The minimum Gasteiger partial charge on any atom is -0.375 e. The highest BCUT2D eigenvalue weighted by Gasteiger charge is 2.36. The number of rotatable bonds is 5. The van der Waals surface area contributed by atoms with Gasteiger partial charge in [0.2, 0.25) is 0 Å². The van der Waals surface area contributed by atoms with Gasteiger partial charge in [-0.05, 0) is 37.4 Å². The van der Waals surface area contributed by atoms with Crippen LogP contribution in [0.4, 0.5) is 0 Å². The number of morpholine rings is 1. The highest BCUT2D eigenvalue weighted by atomic mass is 32.1. The zero-order valence-electron chi connectivity index (χ0n) is 10.4. The molecule has 1 saturated carbocycles. The minimum absolute atomic E-state index is 0.538. The Morgan fingerprint density at radius 3 is 3.06 bits per heavy atom. The zero-order chi connectivity index (χ0) is 11.4. The second-order valence-corrected chi connectivity index (χ2v) is 5.60. The summed E-state index contributed by atoms with van der Waals surface area (Å²) in [5.41, 5.74) is 0. The van der Waals surface area contributed by atoms with Crippen molar-refractivity contribution in [3.63, 3.8) is 0 Å². The lowest BCUT2D eigenvalue weighted by molar-refractivity contribution is -0.0596. The van der Waals surface area contributed by atoms with Crippen molar-refractivity contribution in [2.75, 3.05) is 25.4 Å². The Balaban J connectivity index is 1.87. The largest absolute Gasteiger partial charge is 0.375 e. The van der Waals surface area contributed by atoms with Gasteiger partial charge in [-0.25, -0.2) is 0 Å². The maximum Gasteiger partial charge on any atom is 0.0730 e. The van der Waals surface area contributed by atoms with Crippen LogP contribution in [0.5, 0.6) is 0 Å². The van der Waals surface area contributed by atoms with Crippen LogP contribution in [0.3, 0.4) is 0 Å². The van der Waals surface area contributed by atoms with Gasteiger partial charge in [0.05, 0.1) is 12.7 Å². The summed E-state index contributed by atoms with van der Waals surface area (Å²) >= 11 is 4.49. The maximum atomic E-state index is 5.85. The van der Waals surface area contributed by atoms with Gasteiger partial charge in [-0.2, -0.15) is 12.6 Å². The number of thiol groups is 1. The number of hydrogen-bond acceptors (Lipinski definition) is 3. The number of ether oxygens (including phenoxy) is 1. The lowest BCUT2D eigenvalue weighted by Gasteiger charge is -2.39. The molecule has 3 atom stereocenters. The van der Waals surface area contributed by atoms with Crippen molar-refractivity contribution in [3.05, 3.63) is 0 Å². The van der Waals surface area contributed by atoms with E-state index in [4.69, 9.17) is 4.74 Å². The summed E-state index contributed by atoms with van der Waals surface area (Å²) in [6, 6.07) is 0.716. The van der Waals surface area contributed by atoms with Gasteiger partial charge in [-0.1, -0.05) is 13.3 Å². The molecule has 3 unspecified atom stereocenters. The summed E-state index contributed by atoms with van der Waals surface area (Å²) in [6.07, 6.45) is 7.11. The van der Waals surface area contributed by atoms with Crippen LogP contribution in [-0.2, 0) is 4.74 Å². The highest BCUT2D eigenvalue weighted by molar-refractivity contribution is 7.80. The van der Waals surface area contributed by atoms with Crippen LogP contribution in [-0.4, -0.2) is 42.5 Å². The summed E-state index contributed by atoms with van der Waals surface area (Å²) in [6.45, 7) is 5.58. The predicted octanol–water partition coefficient (Wildman–Crippen LogP) is 2.59. The van der Waals surface area contributed by atoms with Crippen LogP contribution in [0.1, 0.15) is 39.0 Å². The van der Waals surface area contributed by atoms with Crippen LogP contribution in [0.15, 0.2) is 0 Å². The van der Waals surface area contributed by atoms with Crippen molar-refractivity contribution in [3.8, 4) is 0 Å². The predicted molar refractivity (Wildman–Crippen MR) is 71.2 cm³/mol. The molecule has 1 aliphatic carbocycles. The number of fused-ring (bicyclic) bond motifs is 1. The SMILES string of the molecule is CCCC(CS)CN1CCOC2CCCC21. The van der Waals surface area contributed by atoms with Gasteiger partial charge in [-0.15, -0.1) is 0 Å². The molecule has 3 heteroatoms. The van der Waals surface area contributed by atoms with Gasteiger partial charge in [0.25, 0.3) is 0 Å². The Morgan fingerprint density at radius 1 is 1.44 bits per heavy atom.